The van der Waals surface area contributed by atoms with Gasteiger partial charge >= 0.3 is 0 Å². The van der Waals surface area contributed by atoms with Crippen molar-refractivity contribution < 1.29 is 4.79 Å². The van der Waals surface area contributed by atoms with Crippen molar-refractivity contribution in [1.29, 1.82) is 0 Å². The molecule has 108 valence electrons. The normalized spacial score (nSPS) is 31.9. The third kappa shape index (κ3) is 2.14. The van der Waals surface area contributed by atoms with Gasteiger partial charge in [-0.25, -0.2) is 0 Å². The quantitative estimate of drug-likeness (QED) is 0.917. The smallest absolute Gasteiger partial charge is 0.241 e. The van der Waals surface area contributed by atoms with Gasteiger partial charge in [0.05, 0.1) is 6.04 Å². The van der Waals surface area contributed by atoms with Crippen molar-refractivity contribution in [2.45, 2.75) is 52.4 Å². The number of nitrogens with zero attached hydrogens (tertiary/aromatic N) is 1. The molecule has 1 saturated carbocycles. The van der Waals surface area contributed by atoms with Crippen LogP contribution in [0.4, 0.5) is 0 Å². The Morgan fingerprint density at radius 1 is 1.25 bits per heavy atom. The average Bonchev–Trinajstić information content (AvgIpc) is 2.88. The fourth-order valence-corrected chi connectivity index (χ4v) is 3.23. The molecule has 1 saturated heterocycles. The van der Waals surface area contributed by atoms with Crippen molar-refractivity contribution in [3.63, 3.8) is 0 Å². The maximum absolute atomic E-state index is 12.8. The van der Waals surface area contributed by atoms with Crippen LogP contribution in [-0.4, -0.2) is 22.9 Å². The number of hydrogen-bond donors (Lipinski definition) is 1. The van der Waals surface area contributed by atoms with E-state index >= 15 is 0 Å². The molecule has 0 aromatic heterocycles. The third-order valence-corrected chi connectivity index (χ3v) is 4.72. The van der Waals surface area contributed by atoms with Crippen LogP contribution in [0.25, 0.3) is 0 Å². The Hall–Kier alpha value is -1.35. The summed E-state index contributed by atoms with van der Waals surface area (Å²) < 4.78 is 0. The Kier molecular flexibility index (Phi) is 3.13. The lowest BCUT2D eigenvalue weighted by Gasteiger charge is -2.26. The zero-order valence-electron chi connectivity index (χ0n) is 12.8. The summed E-state index contributed by atoms with van der Waals surface area (Å²) in [5, 5.41) is 3.54. The van der Waals surface area contributed by atoms with E-state index in [1.165, 1.54) is 5.56 Å². The predicted molar refractivity (Wildman–Crippen MR) is 80.0 cm³/mol. The first kappa shape index (κ1) is 13.6. The fraction of sp³-hybridized carbons (Fsp3) is 0.588. The second-order valence-electron chi connectivity index (χ2n) is 7.16. The fourth-order valence-electron chi connectivity index (χ4n) is 3.23. The van der Waals surface area contributed by atoms with Gasteiger partial charge in [-0.3, -0.25) is 10.1 Å². The molecule has 1 aromatic rings. The van der Waals surface area contributed by atoms with Gasteiger partial charge in [-0.2, -0.15) is 0 Å². The molecule has 1 amide bonds. The van der Waals surface area contributed by atoms with E-state index in [2.05, 4.69) is 50.0 Å². The number of benzene rings is 1. The van der Waals surface area contributed by atoms with Crippen molar-refractivity contribution in [2.75, 3.05) is 0 Å². The molecule has 1 heterocycles. The van der Waals surface area contributed by atoms with Crippen molar-refractivity contribution in [2.24, 2.45) is 11.3 Å². The number of carbonyl (C=O) groups is 1. The van der Waals surface area contributed by atoms with Gasteiger partial charge in [0.2, 0.25) is 5.91 Å². The highest BCUT2D eigenvalue weighted by Gasteiger charge is 2.56. The summed E-state index contributed by atoms with van der Waals surface area (Å²) in [5.74, 6) is 0.588. The molecule has 1 aliphatic heterocycles. The molecule has 1 N–H and O–H groups in total. The standard InChI is InChI=1S/C17H24N2O/c1-11(2)14-16(20)19(13-10-17(13,3)4)15(18-14)12-8-6-5-7-9-12/h5-9,11,13-15,18H,10H2,1-4H3. The van der Waals surface area contributed by atoms with E-state index in [-0.39, 0.29) is 23.5 Å². The van der Waals surface area contributed by atoms with Gasteiger partial charge < -0.3 is 4.90 Å². The van der Waals surface area contributed by atoms with Crippen LogP contribution < -0.4 is 5.32 Å². The summed E-state index contributed by atoms with van der Waals surface area (Å²) in [5.41, 5.74) is 1.45. The van der Waals surface area contributed by atoms with Crippen LogP contribution in [0.15, 0.2) is 30.3 Å². The van der Waals surface area contributed by atoms with Gasteiger partial charge in [0.1, 0.15) is 6.17 Å². The highest BCUT2D eigenvalue weighted by molar-refractivity contribution is 5.85. The van der Waals surface area contributed by atoms with Crippen molar-refractivity contribution in [3.8, 4) is 0 Å². The minimum Gasteiger partial charge on any atom is -0.318 e. The highest BCUT2D eigenvalue weighted by Crippen LogP contribution is 2.52. The van der Waals surface area contributed by atoms with E-state index in [0.717, 1.165) is 6.42 Å². The van der Waals surface area contributed by atoms with Crippen molar-refractivity contribution in [1.82, 2.24) is 10.2 Å². The molecular formula is C17H24N2O. The molecule has 3 atom stereocenters. The monoisotopic (exact) mass is 272 g/mol. The van der Waals surface area contributed by atoms with E-state index in [9.17, 15) is 4.79 Å². The van der Waals surface area contributed by atoms with Crippen LogP contribution in [-0.2, 0) is 4.79 Å². The number of amides is 1. The summed E-state index contributed by atoms with van der Waals surface area (Å²) in [4.78, 5) is 14.9. The topological polar surface area (TPSA) is 32.3 Å². The molecule has 3 nitrogen and oxygen atoms in total. The first-order chi connectivity index (χ1) is 9.42. The molecule has 2 aliphatic rings. The van der Waals surface area contributed by atoms with Gasteiger partial charge in [0.15, 0.2) is 0 Å². The zero-order valence-corrected chi connectivity index (χ0v) is 12.8. The van der Waals surface area contributed by atoms with Gasteiger partial charge in [-0.15, -0.1) is 0 Å². The van der Waals surface area contributed by atoms with Crippen LogP contribution in [0.3, 0.4) is 0 Å². The Labute approximate surface area is 121 Å². The lowest BCUT2D eigenvalue weighted by atomic mass is 10.0. The summed E-state index contributed by atoms with van der Waals surface area (Å²) in [6.07, 6.45) is 1.14. The predicted octanol–water partition coefficient (Wildman–Crippen LogP) is 2.94. The van der Waals surface area contributed by atoms with Crippen LogP contribution >= 0.6 is 0 Å². The van der Waals surface area contributed by atoms with Gasteiger partial charge in [0, 0.05) is 6.04 Å². The van der Waals surface area contributed by atoms with E-state index in [1.807, 2.05) is 18.2 Å². The Morgan fingerprint density at radius 2 is 1.85 bits per heavy atom. The molecule has 20 heavy (non-hydrogen) atoms. The highest BCUT2D eigenvalue weighted by atomic mass is 16.2. The molecule has 0 spiro atoms. The maximum atomic E-state index is 12.8. The second-order valence-corrected chi connectivity index (χ2v) is 7.16. The molecule has 2 fully saturated rings. The van der Waals surface area contributed by atoms with Crippen molar-refractivity contribution in [3.05, 3.63) is 35.9 Å². The molecule has 1 aromatic carbocycles. The maximum Gasteiger partial charge on any atom is 0.241 e. The van der Waals surface area contributed by atoms with Crippen LogP contribution in [0.5, 0.6) is 0 Å². The second kappa shape index (κ2) is 4.59. The largest absolute Gasteiger partial charge is 0.318 e. The number of nitrogens with one attached hydrogen (secondary N) is 1. The lowest BCUT2D eigenvalue weighted by molar-refractivity contribution is -0.131. The van der Waals surface area contributed by atoms with Crippen LogP contribution in [0.2, 0.25) is 0 Å². The van der Waals surface area contributed by atoms with Gasteiger partial charge in [-0.1, -0.05) is 58.0 Å². The van der Waals surface area contributed by atoms with E-state index in [4.69, 9.17) is 0 Å². The van der Waals surface area contributed by atoms with Gasteiger partial charge in [0.25, 0.3) is 0 Å². The van der Waals surface area contributed by atoms with E-state index in [0.29, 0.717) is 12.0 Å². The van der Waals surface area contributed by atoms with E-state index < -0.39 is 0 Å². The average molecular weight is 272 g/mol. The summed E-state index contributed by atoms with van der Waals surface area (Å²) in [7, 11) is 0. The number of hydrogen-bond acceptors (Lipinski definition) is 2. The first-order valence-corrected chi connectivity index (χ1v) is 7.55. The zero-order chi connectivity index (χ0) is 14.5. The van der Waals surface area contributed by atoms with E-state index in [1.54, 1.807) is 0 Å². The molecule has 0 radical (unpaired) electrons. The molecule has 3 unspecified atom stereocenters. The first-order valence-electron chi connectivity index (χ1n) is 7.55. The number of carbonyl (C=O) groups excluding carboxylic acids is 1. The van der Waals surface area contributed by atoms with Crippen LogP contribution in [0.1, 0.15) is 45.8 Å². The summed E-state index contributed by atoms with van der Waals surface area (Å²) in [6, 6.07) is 10.6. The molecule has 3 rings (SSSR count). The molecular weight excluding hydrogens is 248 g/mol. The van der Waals surface area contributed by atoms with Crippen molar-refractivity contribution >= 4 is 5.91 Å². The SMILES string of the molecule is CC(C)C1NC(c2ccccc2)N(C2CC2(C)C)C1=O. The Bertz CT molecular complexity index is 509. The molecule has 3 heteroatoms. The van der Waals surface area contributed by atoms with Crippen LogP contribution in [0, 0.1) is 11.3 Å². The third-order valence-electron chi connectivity index (χ3n) is 4.72. The summed E-state index contributed by atoms with van der Waals surface area (Å²) in [6.45, 7) is 8.71. The molecule has 1 aliphatic carbocycles. The number of rotatable bonds is 3. The minimum atomic E-state index is -0.0587. The lowest BCUT2D eigenvalue weighted by Crippen LogP contribution is -2.36. The Morgan fingerprint density at radius 3 is 2.35 bits per heavy atom. The summed E-state index contributed by atoms with van der Waals surface area (Å²) >= 11 is 0. The Balaban J connectivity index is 1.93. The van der Waals surface area contributed by atoms with Gasteiger partial charge in [-0.05, 0) is 23.3 Å². The minimum absolute atomic E-state index is 0.0304. The molecule has 0 bridgehead atoms.